The van der Waals surface area contributed by atoms with Crippen LogP contribution >= 0.6 is 0 Å². The average Bonchev–Trinajstić information content (AvgIpc) is 3.56. The lowest BCUT2D eigenvalue weighted by molar-refractivity contribution is -0.133. The molecule has 0 unspecified atom stereocenters. The van der Waals surface area contributed by atoms with Crippen molar-refractivity contribution in [3.8, 4) is 5.75 Å². The van der Waals surface area contributed by atoms with Gasteiger partial charge in [-0.3, -0.25) is 9.69 Å². The molecule has 0 spiro atoms. The Labute approximate surface area is 218 Å². The molecule has 1 aromatic carbocycles. The second kappa shape index (κ2) is 12.7. The van der Waals surface area contributed by atoms with E-state index in [1.54, 1.807) is 12.0 Å². The molecule has 37 heavy (non-hydrogen) atoms. The highest BCUT2D eigenvalue weighted by atomic mass is 16.5. The number of nitrogens with zero attached hydrogens (tertiary/aromatic N) is 5. The largest absolute Gasteiger partial charge is 0.496 e. The highest BCUT2D eigenvalue weighted by Gasteiger charge is 2.36. The quantitative estimate of drug-likeness (QED) is 0.530. The van der Waals surface area contributed by atoms with E-state index in [1.807, 2.05) is 61.1 Å². The summed E-state index contributed by atoms with van der Waals surface area (Å²) in [6.45, 7) is 6.66. The number of hydrazone groups is 1. The smallest absolute Gasteiger partial charge is 0.317 e. The molecule has 10 heteroatoms. The normalized spacial score (nSPS) is 18.0. The van der Waals surface area contributed by atoms with Gasteiger partial charge in [-0.2, -0.15) is 5.10 Å². The Hall–Kier alpha value is -3.37. The first kappa shape index (κ1) is 26.7. The standard InChI is InChI=1S/C27H38N6O4/c1-4-11-28-27(35)32(14-13-31-15-17-37-18-16-31)20-26(34)33-24(21-8-5-6-10-25(21)36-3)19-22(29-33)23-9-7-12-30(23)2/h5-10,12,24H,4,11,13-20H2,1-3H3,(H,28,35)/t24-/m0/s1. The van der Waals surface area contributed by atoms with Crippen LogP contribution in [0, 0.1) is 0 Å². The van der Waals surface area contributed by atoms with E-state index >= 15 is 0 Å². The number of urea groups is 1. The SMILES string of the molecule is CCCNC(=O)N(CCN1CCOCC1)CC(=O)N1N=C(c2cccn2C)C[C@H]1c1ccccc1OC. The van der Waals surface area contributed by atoms with E-state index in [9.17, 15) is 9.59 Å². The third-order valence-corrected chi connectivity index (χ3v) is 6.83. The number of hydrogen-bond donors (Lipinski definition) is 1. The van der Waals surface area contributed by atoms with Crippen LogP contribution in [-0.2, 0) is 16.6 Å². The minimum absolute atomic E-state index is 0.0601. The van der Waals surface area contributed by atoms with Crippen molar-refractivity contribution in [3.63, 3.8) is 0 Å². The van der Waals surface area contributed by atoms with E-state index in [-0.39, 0.29) is 24.5 Å². The molecule has 1 saturated heterocycles. The average molecular weight is 511 g/mol. The maximum absolute atomic E-state index is 13.8. The van der Waals surface area contributed by atoms with Crippen molar-refractivity contribution in [2.24, 2.45) is 12.1 Å². The van der Waals surface area contributed by atoms with E-state index in [1.165, 1.54) is 5.01 Å². The number of aryl methyl sites for hydroxylation is 1. The van der Waals surface area contributed by atoms with Crippen molar-refractivity contribution in [2.75, 3.05) is 59.6 Å². The van der Waals surface area contributed by atoms with Crippen LogP contribution in [0.15, 0.2) is 47.7 Å². The molecule has 0 aliphatic carbocycles. The molecule has 2 aliphatic heterocycles. The summed E-state index contributed by atoms with van der Waals surface area (Å²) in [4.78, 5) is 30.7. The van der Waals surface area contributed by atoms with Crippen molar-refractivity contribution in [1.82, 2.24) is 24.7 Å². The summed E-state index contributed by atoms with van der Waals surface area (Å²) in [5.41, 5.74) is 2.67. The topological polar surface area (TPSA) is 91.6 Å². The lowest BCUT2D eigenvalue weighted by Crippen LogP contribution is -2.49. The maximum atomic E-state index is 13.8. The molecule has 2 aromatic rings. The van der Waals surface area contributed by atoms with E-state index in [0.29, 0.717) is 45.0 Å². The van der Waals surface area contributed by atoms with E-state index in [4.69, 9.17) is 14.6 Å². The zero-order valence-corrected chi connectivity index (χ0v) is 22.1. The number of amides is 3. The number of para-hydroxylation sites is 1. The Morgan fingerprint density at radius 3 is 2.68 bits per heavy atom. The van der Waals surface area contributed by atoms with Crippen LogP contribution in [0.2, 0.25) is 0 Å². The molecule has 1 N–H and O–H groups in total. The fourth-order valence-electron chi connectivity index (χ4n) is 4.76. The minimum Gasteiger partial charge on any atom is -0.496 e. The predicted octanol–water partition coefficient (Wildman–Crippen LogP) is 2.47. The molecule has 2 aliphatic rings. The van der Waals surface area contributed by atoms with Gasteiger partial charge in [0.2, 0.25) is 0 Å². The molecule has 1 atom stereocenters. The van der Waals surface area contributed by atoms with E-state index < -0.39 is 0 Å². The number of aromatic nitrogens is 1. The van der Waals surface area contributed by atoms with E-state index in [0.717, 1.165) is 36.5 Å². The number of ether oxygens (including phenoxy) is 2. The predicted molar refractivity (Wildman–Crippen MR) is 142 cm³/mol. The molecular formula is C27H38N6O4. The van der Waals surface area contributed by atoms with Crippen molar-refractivity contribution < 1.29 is 19.1 Å². The third kappa shape index (κ3) is 6.50. The second-order valence-corrected chi connectivity index (χ2v) is 9.36. The molecule has 4 rings (SSSR count). The van der Waals surface area contributed by atoms with Gasteiger partial charge in [0.15, 0.2) is 0 Å². The molecule has 0 radical (unpaired) electrons. The van der Waals surface area contributed by atoms with Crippen molar-refractivity contribution in [2.45, 2.75) is 25.8 Å². The van der Waals surface area contributed by atoms with Gasteiger partial charge in [-0.1, -0.05) is 25.1 Å². The van der Waals surface area contributed by atoms with Crippen molar-refractivity contribution in [1.29, 1.82) is 0 Å². The summed E-state index contributed by atoms with van der Waals surface area (Å²) in [6.07, 6.45) is 3.34. The van der Waals surface area contributed by atoms with Crippen LogP contribution in [0.1, 0.15) is 37.1 Å². The summed E-state index contributed by atoms with van der Waals surface area (Å²) in [5.74, 6) is 0.479. The van der Waals surface area contributed by atoms with Gasteiger partial charge >= 0.3 is 6.03 Å². The van der Waals surface area contributed by atoms with E-state index in [2.05, 4.69) is 10.2 Å². The second-order valence-electron chi connectivity index (χ2n) is 9.36. The molecule has 1 fully saturated rings. The number of carbonyl (C=O) groups excluding carboxylic acids is 2. The first-order valence-electron chi connectivity index (χ1n) is 13.0. The van der Waals surface area contributed by atoms with Crippen LogP contribution in [0.5, 0.6) is 5.75 Å². The number of rotatable bonds is 10. The Morgan fingerprint density at radius 1 is 1.19 bits per heavy atom. The lowest BCUT2D eigenvalue weighted by Gasteiger charge is -2.31. The highest BCUT2D eigenvalue weighted by Crippen LogP contribution is 2.37. The molecule has 1 aromatic heterocycles. The number of nitrogens with one attached hydrogen (secondary N) is 1. The van der Waals surface area contributed by atoms with Gasteiger partial charge in [0.05, 0.1) is 37.8 Å². The molecule has 3 heterocycles. The van der Waals surface area contributed by atoms with Gasteiger partial charge in [0.1, 0.15) is 12.3 Å². The van der Waals surface area contributed by atoms with Crippen LogP contribution in [0.4, 0.5) is 4.79 Å². The molecule has 200 valence electrons. The Morgan fingerprint density at radius 2 is 1.97 bits per heavy atom. The minimum atomic E-state index is -0.326. The maximum Gasteiger partial charge on any atom is 0.317 e. The Bertz CT molecular complexity index is 1090. The Balaban J connectivity index is 1.57. The first-order valence-corrected chi connectivity index (χ1v) is 13.0. The van der Waals surface area contributed by atoms with Gasteiger partial charge in [-0.05, 0) is 24.6 Å². The third-order valence-electron chi connectivity index (χ3n) is 6.83. The van der Waals surface area contributed by atoms with Crippen molar-refractivity contribution in [3.05, 3.63) is 53.9 Å². The molecule has 10 nitrogen and oxygen atoms in total. The van der Waals surface area contributed by atoms with Crippen molar-refractivity contribution >= 4 is 17.6 Å². The fraction of sp³-hybridized carbons (Fsp3) is 0.519. The molecule has 3 amide bonds. The van der Waals surface area contributed by atoms with Gasteiger partial charge in [0, 0.05) is 58.0 Å². The fourth-order valence-corrected chi connectivity index (χ4v) is 4.76. The monoisotopic (exact) mass is 510 g/mol. The lowest BCUT2D eigenvalue weighted by atomic mass is 9.99. The number of hydrogen-bond acceptors (Lipinski definition) is 6. The summed E-state index contributed by atoms with van der Waals surface area (Å²) in [7, 11) is 3.59. The van der Waals surface area contributed by atoms with Crippen LogP contribution in [0.25, 0.3) is 0 Å². The summed E-state index contributed by atoms with van der Waals surface area (Å²) >= 11 is 0. The highest BCUT2D eigenvalue weighted by molar-refractivity contribution is 6.02. The summed E-state index contributed by atoms with van der Waals surface area (Å²) in [5, 5.41) is 9.25. The first-order chi connectivity index (χ1) is 18.0. The van der Waals surface area contributed by atoms with Gasteiger partial charge < -0.3 is 24.3 Å². The molecular weight excluding hydrogens is 472 g/mol. The van der Waals surface area contributed by atoms with Crippen LogP contribution in [0.3, 0.4) is 0 Å². The molecule has 0 bridgehead atoms. The van der Waals surface area contributed by atoms with Crippen LogP contribution in [-0.4, -0.2) is 96.6 Å². The number of carbonyl (C=O) groups is 2. The summed E-state index contributed by atoms with van der Waals surface area (Å²) < 4.78 is 13.1. The number of benzene rings is 1. The number of methoxy groups -OCH3 is 1. The van der Waals surface area contributed by atoms with Gasteiger partial charge in [-0.15, -0.1) is 0 Å². The molecule has 0 saturated carbocycles. The van der Waals surface area contributed by atoms with Crippen LogP contribution < -0.4 is 10.1 Å². The Kier molecular flexibility index (Phi) is 9.19. The van der Waals surface area contributed by atoms with Gasteiger partial charge in [0.25, 0.3) is 5.91 Å². The number of morpholine rings is 1. The zero-order valence-electron chi connectivity index (χ0n) is 22.1. The van der Waals surface area contributed by atoms with Gasteiger partial charge in [-0.25, -0.2) is 9.80 Å². The summed E-state index contributed by atoms with van der Waals surface area (Å²) in [6, 6.07) is 11.1. The zero-order chi connectivity index (χ0) is 26.2.